The molecule has 0 unspecified atom stereocenters. The molecule has 1 atom stereocenters. The van der Waals surface area contributed by atoms with Crippen LogP contribution in [0.25, 0.3) is 0 Å². The summed E-state index contributed by atoms with van der Waals surface area (Å²) in [5, 5.41) is 11.0. The lowest BCUT2D eigenvalue weighted by Gasteiger charge is -2.28. The zero-order valence-corrected chi connectivity index (χ0v) is 18.9. The van der Waals surface area contributed by atoms with Crippen LogP contribution in [0, 0.1) is 17.2 Å². The molecule has 1 aromatic rings. The van der Waals surface area contributed by atoms with Crippen LogP contribution in [0.2, 0.25) is 0 Å². The second-order valence-electron chi connectivity index (χ2n) is 9.44. The first-order valence-corrected chi connectivity index (χ1v) is 12.2. The van der Waals surface area contributed by atoms with Crippen LogP contribution in [0.5, 0.6) is 5.75 Å². The Balaban J connectivity index is 1.96. The predicted octanol–water partition coefficient (Wildman–Crippen LogP) is 4.35. The lowest BCUT2D eigenvalue weighted by atomic mass is 9.90. The highest BCUT2D eigenvalue weighted by Crippen LogP contribution is 2.33. The molecular formula is C22H36FNO4S. The molecule has 1 aliphatic carbocycles. The topological polar surface area (TPSA) is 75.6 Å². The van der Waals surface area contributed by atoms with Gasteiger partial charge in [0.05, 0.1) is 12.4 Å². The Morgan fingerprint density at radius 2 is 1.93 bits per heavy atom. The third-order valence-corrected chi connectivity index (χ3v) is 6.81. The molecule has 5 nitrogen and oxygen atoms in total. The summed E-state index contributed by atoms with van der Waals surface area (Å²) in [7, 11) is -3.50. The normalized spacial score (nSPS) is 17.2. The van der Waals surface area contributed by atoms with Crippen LogP contribution in [-0.4, -0.2) is 32.4 Å². The van der Waals surface area contributed by atoms with Gasteiger partial charge in [0.2, 0.25) is 10.0 Å². The Hall–Kier alpha value is -1.18. The fraction of sp³-hybridized carbons (Fsp3) is 0.727. The summed E-state index contributed by atoms with van der Waals surface area (Å²) in [6.45, 7) is 8.47. The first-order chi connectivity index (χ1) is 13.4. The molecule has 0 saturated heterocycles. The van der Waals surface area contributed by atoms with Crippen LogP contribution in [-0.2, 0) is 15.6 Å². The average Bonchev–Trinajstić information content (AvgIpc) is 3.46. The molecule has 2 N–H and O–H groups in total. The lowest BCUT2D eigenvalue weighted by Crippen LogP contribution is -2.41. The molecule has 2 rings (SSSR count). The fourth-order valence-corrected chi connectivity index (χ4v) is 4.26. The quantitative estimate of drug-likeness (QED) is 0.485. The van der Waals surface area contributed by atoms with E-state index in [-0.39, 0.29) is 29.9 Å². The molecule has 7 heteroatoms. The molecule has 29 heavy (non-hydrogen) atoms. The van der Waals surface area contributed by atoms with Gasteiger partial charge in [-0.3, -0.25) is 0 Å². The van der Waals surface area contributed by atoms with E-state index in [0.717, 1.165) is 25.7 Å². The SMILES string of the molecule is CC[C@@](O)(CNS(=O)(=O)CCCCC(C)(C)C)c1ccc(F)c(OCC2CC2)c1. The molecule has 0 heterocycles. The number of halogens is 1. The molecule has 1 aromatic carbocycles. The van der Waals surface area contributed by atoms with Crippen molar-refractivity contribution in [2.75, 3.05) is 18.9 Å². The molecule has 1 fully saturated rings. The van der Waals surface area contributed by atoms with Gasteiger partial charge in [0.25, 0.3) is 0 Å². The van der Waals surface area contributed by atoms with Crippen molar-refractivity contribution in [3.05, 3.63) is 29.6 Å². The highest BCUT2D eigenvalue weighted by atomic mass is 32.2. The highest BCUT2D eigenvalue weighted by molar-refractivity contribution is 7.89. The number of aliphatic hydroxyl groups is 1. The standard InChI is InChI=1S/C22H36FNO4S/c1-5-22(25,16-24-29(26,27)13-7-6-12-21(2,3)4)18-10-11-19(23)20(14-18)28-15-17-8-9-17/h10-11,14,17,24-25H,5-9,12-13,15-16H2,1-4H3/t22-/m1/s1. The maximum absolute atomic E-state index is 14.0. The third-order valence-electron chi connectivity index (χ3n) is 5.40. The summed E-state index contributed by atoms with van der Waals surface area (Å²) in [5.74, 6) is 0.133. The van der Waals surface area contributed by atoms with Crippen LogP contribution in [0.15, 0.2) is 18.2 Å². The number of hydrogen-bond donors (Lipinski definition) is 2. The molecule has 0 bridgehead atoms. The summed E-state index contributed by atoms with van der Waals surface area (Å²) in [4.78, 5) is 0. The second-order valence-corrected chi connectivity index (χ2v) is 11.4. The molecule has 1 aliphatic rings. The van der Waals surface area contributed by atoms with Gasteiger partial charge in [0, 0.05) is 6.54 Å². The maximum atomic E-state index is 14.0. The van der Waals surface area contributed by atoms with Gasteiger partial charge in [-0.05, 0) is 61.1 Å². The fourth-order valence-electron chi connectivity index (χ4n) is 3.08. The van der Waals surface area contributed by atoms with Crippen LogP contribution >= 0.6 is 0 Å². The first kappa shape index (κ1) is 24.1. The van der Waals surface area contributed by atoms with E-state index in [1.54, 1.807) is 6.92 Å². The number of sulfonamides is 1. The number of hydrogen-bond acceptors (Lipinski definition) is 4. The molecular weight excluding hydrogens is 393 g/mol. The van der Waals surface area contributed by atoms with E-state index in [0.29, 0.717) is 24.5 Å². The van der Waals surface area contributed by atoms with E-state index in [1.807, 2.05) is 0 Å². The molecule has 1 saturated carbocycles. The Bertz CT molecular complexity index is 772. The first-order valence-electron chi connectivity index (χ1n) is 10.6. The maximum Gasteiger partial charge on any atom is 0.211 e. The van der Waals surface area contributed by atoms with Crippen molar-refractivity contribution in [2.24, 2.45) is 11.3 Å². The van der Waals surface area contributed by atoms with Gasteiger partial charge >= 0.3 is 0 Å². The Kier molecular flexibility index (Phi) is 8.10. The van der Waals surface area contributed by atoms with Crippen LogP contribution in [0.4, 0.5) is 4.39 Å². The summed E-state index contributed by atoms with van der Waals surface area (Å²) >= 11 is 0. The molecule has 0 spiro atoms. The Labute approximate surface area is 175 Å². The minimum Gasteiger partial charge on any atom is -0.490 e. The van der Waals surface area contributed by atoms with Crippen molar-refractivity contribution in [1.82, 2.24) is 4.72 Å². The molecule has 0 amide bonds. The van der Waals surface area contributed by atoms with Crippen molar-refractivity contribution in [2.45, 2.75) is 71.8 Å². The minimum absolute atomic E-state index is 0.0298. The van der Waals surface area contributed by atoms with Gasteiger partial charge in [-0.15, -0.1) is 0 Å². The molecule has 0 radical (unpaired) electrons. The zero-order valence-electron chi connectivity index (χ0n) is 18.1. The smallest absolute Gasteiger partial charge is 0.211 e. The molecule has 0 aromatic heterocycles. The zero-order chi connectivity index (χ0) is 21.7. The van der Waals surface area contributed by atoms with Crippen molar-refractivity contribution >= 4 is 10.0 Å². The van der Waals surface area contributed by atoms with Gasteiger partial charge in [0.15, 0.2) is 11.6 Å². The van der Waals surface area contributed by atoms with E-state index in [9.17, 15) is 17.9 Å². The largest absolute Gasteiger partial charge is 0.490 e. The van der Waals surface area contributed by atoms with E-state index < -0.39 is 21.4 Å². The van der Waals surface area contributed by atoms with Crippen LogP contribution in [0.3, 0.4) is 0 Å². The van der Waals surface area contributed by atoms with Gasteiger partial charge < -0.3 is 9.84 Å². The van der Waals surface area contributed by atoms with Gasteiger partial charge in [0.1, 0.15) is 5.60 Å². The Morgan fingerprint density at radius 3 is 2.52 bits per heavy atom. The summed E-state index contributed by atoms with van der Waals surface area (Å²) in [5.41, 5.74) is -0.798. The van der Waals surface area contributed by atoms with Crippen LogP contribution < -0.4 is 9.46 Å². The van der Waals surface area contributed by atoms with Gasteiger partial charge in [-0.25, -0.2) is 17.5 Å². The molecule has 0 aliphatic heterocycles. The average molecular weight is 430 g/mol. The van der Waals surface area contributed by atoms with Crippen molar-refractivity contribution < 1.29 is 22.7 Å². The van der Waals surface area contributed by atoms with E-state index >= 15 is 0 Å². The number of ether oxygens (including phenoxy) is 1. The van der Waals surface area contributed by atoms with Crippen LogP contribution in [0.1, 0.15) is 71.8 Å². The van der Waals surface area contributed by atoms with E-state index in [2.05, 4.69) is 25.5 Å². The third kappa shape index (κ3) is 8.22. The minimum atomic E-state index is -3.50. The number of benzene rings is 1. The molecule has 166 valence electrons. The van der Waals surface area contributed by atoms with Crippen molar-refractivity contribution in [3.63, 3.8) is 0 Å². The highest BCUT2D eigenvalue weighted by Gasteiger charge is 2.30. The predicted molar refractivity (Wildman–Crippen MR) is 114 cm³/mol. The Morgan fingerprint density at radius 1 is 1.24 bits per heavy atom. The van der Waals surface area contributed by atoms with Gasteiger partial charge in [-0.2, -0.15) is 0 Å². The van der Waals surface area contributed by atoms with Crippen molar-refractivity contribution in [1.29, 1.82) is 0 Å². The summed E-state index contributed by atoms with van der Waals surface area (Å²) < 4.78 is 46.8. The number of unbranched alkanes of at least 4 members (excludes halogenated alkanes) is 1. The van der Waals surface area contributed by atoms with E-state index in [1.165, 1.54) is 18.2 Å². The summed E-state index contributed by atoms with van der Waals surface area (Å²) in [6.07, 6.45) is 4.85. The number of rotatable bonds is 12. The second kappa shape index (κ2) is 9.75. The van der Waals surface area contributed by atoms with Gasteiger partial charge in [-0.1, -0.05) is 40.2 Å². The van der Waals surface area contributed by atoms with E-state index in [4.69, 9.17) is 4.74 Å². The monoisotopic (exact) mass is 429 g/mol. The van der Waals surface area contributed by atoms with Crippen molar-refractivity contribution in [3.8, 4) is 5.75 Å². The summed E-state index contributed by atoms with van der Waals surface area (Å²) in [6, 6.07) is 4.23. The lowest BCUT2D eigenvalue weighted by molar-refractivity contribution is 0.0376. The number of nitrogens with one attached hydrogen (secondary N) is 1.